The van der Waals surface area contributed by atoms with Crippen molar-refractivity contribution in [2.75, 3.05) is 41.0 Å². The first kappa shape index (κ1) is 22.2. The Hall–Kier alpha value is -0.860. The zero-order valence-electron chi connectivity index (χ0n) is 15.7. The van der Waals surface area contributed by atoms with Gasteiger partial charge in [0.1, 0.15) is 0 Å². The molecule has 1 aliphatic rings. The number of nitrogens with zero attached hydrogens (tertiary/aromatic N) is 2. The van der Waals surface area contributed by atoms with Gasteiger partial charge in [0.05, 0.1) is 6.61 Å². The van der Waals surface area contributed by atoms with Gasteiger partial charge in [0.15, 0.2) is 5.96 Å². The summed E-state index contributed by atoms with van der Waals surface area (Å²) in [6.07, 6.45) is 3.56. The first-order valence-electron chi connectivity index (χ1n) is 8.79. The third-order valence-electron chi connectivity index (χ3n) is 4.64. The standard InChI is InChI=1S/C19H31N3O2.HI/c1-20-19(22(2)11-8-16-9-12-24-13-10-16)21-14-17-6-4-5-7-18(17)15-23-3;/h4-7,16H,8-15H2,1-3H3,(H,20,21);1H. The van der Waals surface area contributed by atoms with Gasteiger partial charge in [-0.2, -0.15) is 0 Å². The molecule has 0 unspecified atom stereocenters. The minimum Gasteiger partial charge on any atom is -0.381 e. The maximum absolute atomic E-state index is 5.43. The number of aliphatic imine (C=N–C) groups is 1. The van der Waals surface area contributed by atoms with Crippen molar-refractivity contribution < 1.29 is 9.47 Å². The third kappa shape index (κ3) is 7.50. The molecule has 0 radical (unpaired) electrons. The first-order valence-corrected chi connectivity index (χ1v) is 8.79. The molecular weight excluding hydrogens is 429 g/mol. The molecule has 0 bridgehead atoms. The summed E-state index contributed by atoms with van der Waals surface area (Å²) < 4.78 is 10.7. The lowest BCUT2D eigenvalue weighted by molar-refractivity contribution is 0.0625. The highest BCUT2D eigenvalue weighted by Gasteiger charge is 2.15. The van der Waals surface area contributed by atoms with E-state index in [-0.39, 0.29) is 24.0 Å². The van der Waals surface area contributed by atoms with Crippen molar-refractivity contribution in [3.05, 3.63) is 35.4 Å². The van der Waals surface area contributed by atoms with Crippen LogP contribution in [0.2, 0.25) is 0 Å². The second-order valence-electron chi connectivity index (χ2n) is 6.37. The fourth-order valence-electron chi connectivity index (χ4n) is 3.10. The molecule has 0 saturated carbocycles. The Kier molecular flexibility index (Phi) is 11.1. The Balaban J connectivity index is 0.00000312. The van der Waals surface area contributed by atoms with E-state index in [1.54, 1.807) is 7.11 Å². The van der Waals surface area contributed by atoms with Gasteiger partial charge in [-0.05, 0) is 36.3 Å². The second-order valence-corrected chi connectivity index (χ2v) is 6.37. The Morgan fingerprint density at radius 1 is 1.28 bits per heavy atom. The van der Waals surface area contributed by atoms with Crippen LogP contribution in [-0.4, -0.2) is 51.8 Å². The van der Waals surface area contributed by atoms with Crippen molar-refractivity contribution in [2.24, 2.45) is 10.9 Å². The highest BCUT2D eigenvalue weighted by atomic mass is 127. The Labute approximate surface area is 169 Å². The smallest absolute Gasteiger partial charge is 0.193 e. The van der Waals surface area contributed by atoms with Crippen molar-refractivity contribution in [3.8, 4) is 0 Å². The van der Waals surface area contributed by atoms with Crippen LogP contribution in [0.3, 0.4) is 0 Å². The van der Waals surface area contributed by atoms with E-state index in [4.69, 9.17) is 9.47 Å². The fraction of sp³-hybridized carbons (Fsp3) is 0.632. The number of benzene rings is 1. The molecule has 0 aromatic heterocycles. The molecule has 25 heavy (non-hydrogen) atoms. The van der Waals surface area contributed by atoms with Gasteiger partial charge in [0, 0.05) is 47.5 Å². The van der Waals surface area contributed by atoms with Crippen LogP contribution in [0.5, 0.6) is 0 Å². The van der Waals surface area contributed by atoms with Crippen LogP contribution in [0.15, 0.2) is 29.3 Å². The number of rotatable bonds is 7. The van der Waals surface area contributed by atoms with Gasteiger partial charge < -0.3 is 19.7 Å². The summed E-state index contributed by atoms with van der Waals surface area (Å²) in [5, 5.41) is 3.47. The zero-order chi connectivity index (χ0) is 17.2. The van der Waals surface area contributed by atoms with Crippen molar-refractivity contribution in [3.63, 3.8) is 0 Å². The lowest BCUT2D eigenvalue weighted by atomic mass is 9.96. The lowest BCUT2D eigenvalue weighted by Gasteiger charge is -2.27. The van der Waals surface area contributed by atoms with Crippen LogP contribution in [0.4, 0.5) is 0 Å². The molecule has 1 N–H and O–H groups in total. The molecular formula is C19H32IN3O2. The molecule has 0 amide bonds. The number of guanidine groups is 1. The Morgan fingerprint density at radius 2 is 1.96 bits per heavy atom. The lowest BCUT2D eigenvalue weighted by Crippen LogP contribution is -2.39. The highest BCUT2D eigenvalue weighted by molar-refractivity contribution is 14.0. The summed E-state index contributed by atoms with van der Waals surface area (Å²) in [7, 11) is 5.68. The SMILES string of the molecule is CN=C(NCc1ccccc1COC)N(C)CCC1CCOCC1.I. The molecule has 2 rings (SSSR count). The summed E-state index contributed by atoms with van der Waals surface area (Å²) in [5.41, 5.74) is 2.46. The maximum Gasteiger partial charge on any atom is 0.193 e. The van der Waals surface area contributed by atoms with Crippen LogP contribution in [0.1, 0.15) is 30.4 Å². The minimum absolute atomic E-state index is 0. The van der Waals surface area contributed by atoms with E-state index in [2.05, 4.69) is 40.5 Å². The largest absolute Gasteiger partial charge is 0.381 e. The zero-order valence-corrected chi connectivity index (χ0v) is 18.0. The molecule has 1 aromatic rings. The average molecular weight is 461 g/mol. The predicted molar refractivity (Wildman–Crippen MR) is 114 cm³/mol. The third-order valence-corrected chi connectivity index (χ3v) is 4.64. The maximum atomic E-state index is 5.43. The van der Waals surface area contributed by atoms with Crippen LogP contribution in [-0.2, 0) is 22.6 Å². The molecule has 0 spiro atoms. The minimum atomic E-state index is 0. The van der Waals surface area contributed by atoms with E-state index >= 15 is 0 Å². The Morgan fingerprint density at radius 3 is 2.60 bits per heavy atom. The molecule has 1 aromatic carbocycles. The topological polar surface area (TPSA) is 46.1 Å². The highest BCUT2D eigenvalue weighted by Crippen LogP contribution is 2.18. The van der Waals surface area contributed by atoms with Crippen LogP contribution < -0.4 is 5.32 Å². The average Bonchev–Trinajstić information content (AvgIpc) is 2.63. The van der Waals surface area contributed by atoms with Gasteiger partial charge in [0.2, 0.25) is 0 Å². The van der Waals surface area contributed by atoms with E-state index in [0.717, 1.165) is 38.2 Å². The van der Waals surface area contributed by atoms with Gasteiger partial charge in [-0.3, -0.25) is 4.99 Å². The molecule has 5 nitrogen and oxygen atoms in total. The van der Waals surface area contributed by atoms with Crippen molar-refractivity contribution >= 4 is 29.9 Å². The monoisotopic (exact) mass is 461 g/mol. The molecule has 1 heterocycles. The molecule has 0 atom stereocenters. The predicted octanol–water partition coefficient (Wildman–Crippen LogP) is 3.27. The Bertz CT molecular complexity index is 519. The van der Waals surface area contributed by atoms with E-state index < -0.39 is 0 Å². The van der Waals surface area contributed by atoms with E-state index in [1.807, 2.05) is 13.1 Å². The van der Waals surface area contributed by atoms with Crippen molar-refractivity contribution in [2.45, 2.75) is 32.4 Å². The molecule has 1 aliphatic heterocycles. The quantitative estimate of drug-likeness (QED) is 0.385. The van der Waals surface area contributed by atoms with Gasteiger partial charge in [-0.25, -0.2) is 0 Å². The molecule has 142 valence electrons. The number of halogens is 1. The number of hydrogen-bond donors (Lipinski definition) is 1. The molecule has 6 heteroatoms. The van der Waals surface area contributed by atoms with Crippen LogP contribution in [0.25, 0.3) is 0 Å². The summed E-state index contributed by atoms with van der Waals surface area (Å²) >= 11 is 0. The fourth-order valence-corrected chi connectivity index (χ4v) is 3.10. The van der Waals surface area contributed by atoms with E-state index in [9.17, 15) is 0 Å². The summed E-state index contributed by atoms with van der Waals surface area (Å²) in [6.45, 7) is 4.24. The number of ether oxygens (including phenoxy) is 2. The second kappa shape index (κ2) is 12.5. The number of methoxy groups -OCH3 is 1. The summed E-state index contributed by atoms with van der Waals surface area (Å²) in [4.78, 5) is 6.63. The molecule has 0 aliphatic carbocycles. The van der Waals surface area contributed by atoms with Crippen molar-refractivity contribution in [1.82, 2.24) is 10.2 Å². The van der Waals surface area contributed by atoms with Crippen LogP contribution >= 0.6 is 24.0 Å². The summed E-state index contributed by atoms with van der Waals surface area (Å²) in [5.74, 6) is 1.72. The normalized spacial score (nSPS) is 15.6. The van der Waals surface area contributed by atoms with Gasteiger partial charge >= 0.3 is 0 Å². The van der Waals surface area contributed by atoms with E-state index in [0.29, 0.717) is 6.61 Å². The summed E-state index contributed by atoms with van der Waals surface area (Å²) in [6, 6.07) is 8.36. The van der Waals surface area contributed by atoms with Crippen molar-refractivity contribution in [1.29, 1.82) is 0 Å². The van der Waals surface area contributed by atoms with Gasteiger partial charge in [-0.1, -0.05) is 24.3 Å². The van der Waals surface area contributed by atoms with E-state index in [1.165, 1.54) is 30.4 Å². The van der Waals surface area contributed by atoms with Crippen LogP contribution in [0, 0.1) is 5.92 Å². The molecule has 1 saturated heterocycles. The first-order chi connectivity index (χ1) is 11.7. The van der Waals surface area contributed by atoms with Gasteiger partial charge in [0.25, 0.3) is 0 Å². The number of nitrogens with one attached hydrogen (secondary N) is 1. The van der Waals surface area contributed by atoms with Gasteiger partial charge in [-0.15, -0.1) is 24.0 Å². The molecule has 1 fully saturated rings. The number of hydrogen-bond acceptors (Lipinski definition) is 3.